The lowest BCUT2D eigenvalue weighted by molar-refractivity contribution is -0.137. The van der Waals surface area contributed by atoms with Gasteiger partial charge in [0.25, 0.3) is 0 Å². The molecule has 2 aromatic rings. The number of nitriles is 1. The largest absolute Gasteiger partial charge is 0.465 e. The van der Waals surface area contributed by atoms with Gasteiger partial charge in [0.2, 0.25) is 5.78 Å². The van der Waals surface area contributed by atoms with Crippen LogP contribution in [0.25, 0.3) is 6.08 Å². The van der Waals surface area contributed by atoms with Crippen LogP contribution in [0.3, 0.4) is 0 Å². The number of aryl methyl sites for hydroxylation is 1. The fourth-order valence-electron chi connectivity index (χ4n) is 2.73. The van der Waals surface area contributed by atoms with Gasteiger partial charge in [-0.25, -0.2) is 4.79 Å². The van der Waals surface area contributed by atoms with Crippen LogP contribution in [0.2, 0.25) is 0 Å². The third kappa shape index (κ3) is 5.19. The summed E-state index contributed by atoms with van der Waals surface area (Å²) in [7, 11) is 1.65. The number of hydrogen-bond donors (Lipinski definition) is 0. The molecule has 27 heavy (non-hydrogen) atoms. The average Bonchev–Trinajstić information content (AvgIpc) is 3.27. The van der Waals surface area contributed by atoms with Crippen molar-refractivity contribution in [3.05, 3.63) is 52.7 Å². The monoisotopic (exact) mass is 370 g/mol. The first-order chi connectivity index (χ1) is 13.0. The van der Waals surface area contributed by atoms with E-state index in [-0.39, 0.29) is 11.4 Å². The Morgan fingerprint density at radius 1 is 1.37 bits per heavy atom. The van der Waals surface area contributed by atoms with Crippen molar-refractivity contribution in [2.24, 2.45) is 0 Å². The molecule has 0 saturated carbocycles. The zero-order valence-corrected chi connectivity index (χ0v) is 15.7. The Kier molecular flexibility index (Phi) is 7.15. The summed E-state index contributed by atoms with van der Waals surface area (Å²) in [5.41, 5.74) is 2.04. The molecule has 0 aliphatic carbocycles. The van der Waals surface area contributed by atoms with E-state index in [0.717, 1.165) is 24.4 Å². The van der Waals surface area contributed by atoms with Crippen molar-refractivity contribution >= 4 is 17.8 Å². The Morgan fingerprint density at radius 3 is 2.78 bits per heavy atom. The topological polar surface area (TPSA) is 94.5 Å². The summed E-state index contributed by atoms with van der Waals surface area (Å²) in [5, 5.41) is 9.10. The van der Waals surface area contributed by atoms with E-state index in [9.17, 15) is 9.59 Å². The number of aromatic nitrogens is 1. The summed E-state index contributed by atoms with van der Waals surface area (Å²) in [6.07, 6.45) is 3.53. The molecular weight excluding hydrogens is 348 g/mol. The first-order valence-electron chi connectivity index (χ1n) is 8.49. The molecule has 2 aromatic heterocycles. The molecule has 0 fully saturated rings. The van der Waals surface area contributed by atoms with Gasteiger partial charge in [0.1, 0.15) is 17.4 Å². The number of carbonyl (C=O) groups is 2. The fourth-order valence-corrected chi connectivity index (χ4v) is 2.73. The number of carbonyl (C=O) groups excluding carboxylic acids is 2. The maximum Gasteiger partial charge on any atom is 0.349 e. The molecule has 0 bridgehead atoms. The van der Waals surface area contributed by atoms with Crippen molar-refractivity contribution in [3.63, 3.8) is 0 Å². The van der Waals surface area contributed by atoms with Gasteiger partial charge in [-0.1, -0.05) is 0 Å². The summed E-state index contributed by atoms with van der Waals surface area (Å²) in [5.74, 6) is -0.824. The van der Waals surface area contributed by atoms with Crippen LogP contribution in [0.5, 0.6) is 0 Å². The summed E-state index contributed by atoms with van der Waals surface area (Å²) in [4.78, 5) is 24.5. The molecule has 142 valence electrons. The van der Waals surface area contributed by atoms with E-state index in [1.165, 1.54) is 12.3 Å². The quantitative estimate of drug-likeness (QED) is 0.221. The summed E-state index contributed by atoms with van der Waals surface area (Å²) in [6, 6.07) is 6.78. The highest BCUT2D eigenvalue weighted by Crippen LogP contribution is 2.17. The number of esters is 1. The number of ether oxygens (including phenoxy) is 2. The highest BCUT2D eigenvalue weighted by molar-refractivity contribution is 6.02. The predicted octanol–water partition coefficient (Wildman–Crippen LogP) is 3.07. The normalized spacial score (nSPS) is 11.3. The molecule has 0 saturated heterocycles. The Labute approximate surface area is 157 Å². The van der Waals surface area contributed by atoms with E-state index in [2.05, 4.69) is 0 Å². The molecule has 0 spiro atoms. The van der Waals surface area contributed by atoms with Crippen LogP contribution in [-0.4, -0.2) is 36.6 Å². The van der Waals surface area contributed by atoms with Crippen LogP contribution >= 0.6 is 0 Å². The lowest BCUT2D eigenvalue weighted by atomic mass is 10.1. The van der Waals surface area contributed by atoms with Gasteiger partial charge < -0.3 is 18.5 Å². The minimum atomic E-state index is -0.865. The fraction of sp³-hybridized carbons (Fsp3) is 0.350. The standard InChI is InChI=1S/C20H22N2O5/c1-14-10-18(15(2)22(14)7-5-8-25-3)19(23)13-27-20(24)16(12-21)11-17-6-4-9-26-17/h4,6,9-11H,5,7-8,13H2,1-3H3/b16-11+. The van der Waals surface area contributed by atoms with Crippen molar-refractivity contribution in [1.29, 1.82) is 5.26 Å². The summed E-state index contributed by atoms with van der Waals surface area (Å²) in [6.45, 7) is 4.72. The Hall–Kier alpha value is -3.11. The first-order valence-corrected chi connectivity index (χ1v) is 8.49. The van der Waals surface area contributed by atoms with E-state index >= 15 is 0 Å². The van der Waals surface area contributed by atoms with Crippen LogP contribution in [0.1, 0.15) is 33.9 Å². The molecular formula is C20H22N2O5. The Morgan fingerprint density at radius 2 is 2.15 bits per heavy atom. The molecule has 0 aliphatic rings. The lowest BCUT2D eigenvalue weighted by Crippen LogP contribution is -2.16. The molecule has 0 unspecified atom stereocenters. The average molecular weight is 370 g/mol. The van der Waals surface area contributed by atoms with Crippen LogP contribution in [-0.2, 0) is 20.8 Å². The smallest absolute Gasteiger partial charge is 0.349 e. The van der Waals surface area contributed by atoms with Crippen molar-refractivity contribution < 1.29 is 23.5 Å². The number of methoxy groups -OCH3 is 1. The molecule has 0 amide bonds. The number of rotatable bonds is 9. The van der Waals surface area contributed by atoms with Gasteiger partial charge in [-0.05, 0) is 38.5 Å². The van der Waals surface area contributed by atoms with Crippen molar-refractivity contribution in [1.82, 2.24) is 4.57 Å². The number of Topliss-reactive ketones (excluding diaryl/α,β-unsaturated/α-hetero) is 1. The molecule has 0 N–H and O–H groups in total. The predicted molar refractivity (Wildman–Crippen MR) is 98.0 cm³/mol. The minimum absolute atomic E-state index is 0.234. The number of hydrogen-bond acceptors (Lipinski definition) is 6. The van der Waals surface area contributed by atoms with Crippen LogP contribution < -0.4 is 0 Å². The van der Waals surface area contributed by atoms with Gasteiger partial charge in [0.05, 0.1) is 6.26 Å². The third-order valence-corrected chi connectivity index (χ3v) is 4.11. The van der Waals surface area contributed by atoms with Gasteiger partial charge in [-0.2, -0.15) is 5.26 Å². The highest BCUT2D eigenvalue weighted by Gasteiger charge is 2.19. The molecule has 2 heterocycles. The number of furan rings is 1. The lowest BCUT2D eigenvalue weighted by Gasteiger charge is -2.09. The van der Waals surface area contributed by atoms with Crippen LogP contribution in [0.4, 0.5) is 0 Å². The second-order valence-electron chi connectivity index (χ2n) is 5.97. The van der Waals surface area contributed by atoms with E-state index in [1.54, 1.807) is 31.4 Å². The summed E-state index contributed by atoms with van der Waals surface area (Å²) < 4.78 is 17.2. The second-order valence-corrected chi connectivity index (χ2v) is 5.97. The van der Waals surface area contributed by atoms with Gasteiger partial charge in [-0.15, -0.1) is 0 Å². The van der Waals surface area contributed by atoms with Crippen molar-refractivity contribution in [2.75, 3.05) is 20.3 Å². The van der Waals surface area contributed by atoms with E-state index < -0.39 is 12.6 Å². The first kappa shape index (κ1) is 20.2. The zero-order chi connectivity index (χ0) is 19.8. The maximum atomic E-state index is 12.5. The molecule has 0 aromatic carbocycles. The van der Waals surface area contributed by atoms with Gasteiger partial charge >= 0.3 is 5.97 Å². The molecule has 0 radical (unpaired) electrons. The van der Waals surface area contributed by atoms with Crippen molar-refractivity contribution in [2.45, 2.75) is 26.8 Å². The molecule has 0 aliphatic heterocycles. The number of nitrogens with zero attached hydrogens (tertiary/aromatic N) is 2. The van der Waals surface area contributed by atoms with E-state index in [1.807, 2.05) is 18.4 Å². The Bertz CT molecular complexity index is 869. The van der Waals surface area contributed by atoms with Crippen LogP contribution in [0, 0.1) is 25.2 Å². The Balaban J connectivity index is 2.02. The van der Waals surface area contributed by atoms with E-state index in [4.69, 9.17) is 19.2 Å². The van der Waals surface area contributed by atoms with Crippen LogP contribution in [0.15, 0.2) is 34.5 Å². The SMILES string of the molecule is COCCCn1c(C)cc(C(=O)COC(=O)/C(C#N)=C/c2ccco2)c1C. The van der Waals surface area contributed by atoms with E-state index in [0.29, 0.717) is 17.9 Å². The van der Waals surface area contributed by atoms with Gasteiger partial charge in [0.15, 0.2) is 6.61 Å². The minimum Gasteiger partial charge on any atom is -0.465 e. The van der Waals surface area contributed by atoms with Gasteiger partial charge in [0, 0.05) is 43.3 Å². The molecule has 0 atom stereocenters. The maximum absolute atomic E-state index is 12.5. The van der Waals surface area contributed by atoms with Crippen molar-refractivity contribution in [3.8, 4) is 6.07 Å². The molecule has 2 rings (SSSR count). The molecule has 7 heteroatoms. The third-order valence-electron chi connectivity index (χ3n) is 4.11. The zero-order valence-electron chi connectivity index (χ0n) is 15.7. The summed E-state index contributed by atoms with van der Waals surface area (Å²) >= 11 is 0. The second kappa shape index (κ2) is 9.55. The molecule has 7 nitrogen and oxygen atoms in total. The number of ketones is 1. The highest BCUT2D eigenvalue weighted by atomic mass is 16.5. The van der Waals surface area contributed by atoms with Gasteiger partial charge in [-0.3, -0.25) is 4.79 Å².